The number of halogens is 3. The lowest BCUT2D eigenvalue weighted by molar-refractivity contribution is 0.591. The molecule has 0 aliphatic rings. The van der Waals surface area contributed by atoms with Crippen molar-refractivity contribution >= 4 is 44.6 Å². The van der Waals surface area contributed by atoms with E-state index in [2.05, 4.69) is 4.98 Å². The molecule has 2 aromatic rings. The quantitative estimate of drug-likeness (QED) is 0.850. The van der Waals surface area contributed by atoms with Gasteiger partial charge in [0.15, 0.2) is 14.9 Å². The van der Waals surface area contributed by atoms with Gasteiger partial charge in [0.2, 0.25) is 0 Å². The van der Waals surface area contributed by atoms with Gasteiger partial charge in [0.1, 0.15) is 0 Å². The molecule has 0 saturated carbocycles. The van der Waals surface area contributed by atoms with Gasteiger partial charge < -0.3 is 0 Å². The summed E-state index contributed by atoms with van der Waals surface area (Å²) in [5, 5.41) is 1.10. The molecule has 1 heterocycles. The van der Waals surface area contributed by atoms with Gasteiger partial charge in [-0.1, -0.05) is 40.9 Å². The number of aromatic nitrogens is 1. The molecule has 0 amide bonds. The van der Waals surface area contributed by atoms with Crippen LogP contribution >= 0.6 is 34.8 Å². The van der Waals surface area contributed by atoms with Gasteiger partial charge in [-0.2, -0.15) is 0 Å². The Morgan fingerprint density at radius 1 is 1.00 bits per heavy atom. The van der Waals surface area contributed by atoms with Crippen LogP contribution in [0.15, 0.2) is 41.6 Å². The van der Waals surface area contributed by atoms with Crippen molar-refractivity contribution in [3.8, 4) is 0 Å². The Labute approximate surface area is 126 Å². The molecule has 0 N–H and O–H groups in total. The van der Waals surface area contributed by atoms with E-state index in [1.807, 2.05) is 0 Å². The van der Waals surface area contributed by atoms with E-state index in [-0.39, 0.29) is 10.8 Å². The second-order valence-corrected chi connectivity index (χ2v) is 7.03. The summed E-state index contributed by atoms with van der Waals surface area (Å²) in [5.41, 5.74) is 0.475. The molecule has 0 bridgehead atoms. The predicted octanol–water partition coefficient (Wildman–Crippen LogP) is 4.02. The highest BCUT2D eigenvalue weighted by Gasteiger charge is 2.18. The van der Waals surface area contributed by atoms with Crippen LogP contribution in [0.25, 0.3) is 0 Å². The van der Waals surface area contributed by atoms with Crippen LogP contribution < -0.4 is 0 Å². The first-order valence-electron chi connectivity index (χ1n) is 5.17. The summed E-state index contributed by atoms with van der Waals surface area (Å²) in [6.07, 6.45) is 1.29. The molecule has 0 radical (unpaired) electrons. The number of rotatable bonds is 3. The Kier molecular flexibility index (Phi) is 4.36. The summed E-state index contributed by atoms with van der Waals surface area (Å²) in [5.74, 6) is -0.238. The highest BCUT2D eigenvalue weighted by Crippen LogP contribution is 2.24. The molecule has 1 aromatic heterocycles. The molecule has 3 nitrogen and oxygen atoms in total. The molecule has 19 heavy (non-hydrogen) atoms. The van der Waals surface area contributed by atoms with Gasteiger partial charge in [-0.25, -0.2) is 13.4 Å². The molecular formula is C12H8Cl3NO2S. The highest BCUT2D eigenvalue weighted by atomic mass is 35.5. The van der Waals surface area contributed by atoms with Crippen LogP contribution in [0.5, 0.6) is 0 Å². The lowest BCUT2D eigenvalue weighted by atomic mass is 10.2. The Balaban J connectivity index is 2.33. The van der Waals surface area contributed by atoms with Gasteiger partial charge in [0, 0.05) is 16.2 Å². The molecule has 0 aliphatic heterocycles. The maximum absolute atomic E-state index is 12.2. The van der Waals surface area contributed by atoms with E-state index in [0.29, 0.717) is 20.6 Å². The summed E-state index contributed by atoms with van der Waals surface area (Å²) in [6, 6.07) is 7.52. The Bertz CT molecular complexity index is 699. The van der Waals surface area contributed by atoms with E-state index in [0.717, 1.165) is 0 Å². The standard InChI is InChI=1S/C12H8Cl3NO2S/c13-9-2-1-8(11(15)5-9)7-19(17,18)12-4-3-10(14)6-16-12/h1-6H,7H2. The van der Waals surface area contributed by atoms with Gasteiger partial charge in [0.25, 0.3) is 0 Å². The van der Waals surface area contributed by atoms with Crippen molar-refractivity contribution in [1.82, 2.24) is 4.98 Å². The zero-order valence-corrected chi connectivity index (χ0v) is 12.6. The second-order valence-electron chi connectivity index (χ2n) is 3.81. The number of hydrogen-bond donors (Lipinski definition) is 0. The topological polar surface area (TPSA) is 47.0 Å². The maximum Gasteiger partial charge on any atom is 0.199 e. The molecule has 2 rings (SSSR count). The van der Waals surface area contributed by atoms with E-state index in [4.69, 9.17) is 34.8 Å². The molecule has 0 unspecified atom stereocenters. The van der Waals surface area contributed by atoms with Gasteiger partial charge in [-0.3, -0.25) is 0 Å². The number of nitrogens with zero attached hydrogens (tertiary/aromatic N) is 1. The molecule has 0 fully saturated rings. The van der Waals surface area contributed by atoms with Crippen molar-refractivity contribution in [2.45, 2.75) is 10.8 Å². The van der Waals surface area contributed by atoms with Crippen LogP contribution in [0, 0.1) is 0 Å². The zero-order chi connectivity index (χ0) is 14.0. The molecule has 7 heteroatoms. The minimum Gasteiger partial charge on any atom is -0.243 e. The lowest BCUT2D eigenvalue weighted by Crippen LogP contribution is -2.07. The Morgan fingerprint density at radius 3 is 2.26 bits per heavy atom. The number of benzene rings is 1. The molecule has 1 aromatic carbocycles. The Hall–Kier alpha value is -0.810. The third-order valence-electron chi connectivity index (χ3n) is 2.38. The average Bonchev–Trinajstić information content (AvgIpc) is 2.33. The molecule has 0 saturated heterocycles. The van der Waals surface area contributed by atoms with Gasteiger partial charge in [-0.15, -0.1) is 0 Å². The van der Waals surface area contributed by atoms with Crippen molar-refractivity contribution in [2.75, 3.05) is 0 Å². The molecule has 0 spiro atoms. The largest absolute Gasteiger partial charge is 0.243 e. The fourth-order valence-corrected chi connectivity index (χ4v) is 3.43. The van der Waals surface area contributed by atoms with E-state index < -0.39 is 9.84 Å². The summed E-state index contributed by atoms with van der Waals surface area (Å²) in [7, 11) is -3.56. The van der Waals surface area contributed by atoms with E-state index in [1.54, 1.807) is 12.1 Å². The van der Waals surface area contributed by atoms with Crippen molar-refractivity contribution in [3.05, 3.63) is 57.2 Å². The van der Waals surface area contributed by atoms with Crippen molar-refractivity contribution < 1.29 is 8.42 Å². The Morgan fingerprint density at radius 2 is 1.68 bits per heavy atom. The van der Waals surface area contributed by atoms with Gasteiger partial charge in [0.05, 0.1) is 10.8 Å². The number of hydrogen-bond acceptors (Lipinski definition) is 3. The molecule has 0 aliphatic carbocycles. The first kappa shape index (κ1) is 14.6. The molecular weight excluding hydrogens is 329 g/mol. The number of pyridine rings is 1. The van der Waals surface area contributed by atoms with Gasteiger partial charge >= 0.3 is 0 Å². The normalized spacial score (nSPS) is 11.5. The van der Waals surface area contributed by atoms with Crippen LogP contribution in [0.4, 0.5) is 0 Å². The predicted molar refractivity (Wildman–Crippen MR) is 76.6 cm³/mol. The second kappa shape index (κ2) is 5.67. The number of sulfone groups is 1. The summed E-state index contributed by atoms with van der Waals surface area (Å²) in [4.78, 5) is 3.80. The van der Waals surface area contributed by atoms with Crippen LogP contribution in [-0.2, 0) is 15.6 Å². The minimum absolute atomic E-state index is 0.0390. The van der Waals surface area contributed by atoms with Crippen LogP contribution in [0.1, 0.15) is 5.56 Å². The van der Waals surface area contributed by atoms with Gasteiger partial charge in [-0.05, 0) is 29.8 Å². The van der Waals surface area contributed by atoms with Crippen molar-refractivity contribution in [1.29, 1.82) is 0 Å². The minimum atomic E-state index is -3.56. The maximum atomic E-state index is 12.2. The third-order valence-corrected chi connectivity index (χ3v) is 4.76. The monoisotopic (exact) mass is 335 g/mol. The summed E-state index contributed by atoms with van der Waals surface area (Å²) >= 11 is 17.4. The first-order chi connectivity index (χ1) is 8.88. The third kappa shape index (κ3) is 3.60. The molecule has 100 valence electrons. The van der Waals surface area contributed by atoms with Crippen LogP contribution in [0.3, 0.4) is 0 Å². The van der Waals surface area contributed by atoms with E-state index in [9.17, 15) is 8.42 Å². The van der Waals surface area contributed by atoms with E-state index in [1.165, 1.54) is 24.4 Å². The summed E-state index contributed by atoms with van der Waals surface area (Å²) < 4.78 is 24.3. The van der Waals surface area contributed by atoms with Crippen LogP contribution in [-0.4, -0.2) is 13.4 Å². The first-order valence-corrected chi connectivity index (χ1v) is 7.95. The zero-order valence-electron chi connectivity index (χ0n) is 9.48. The lowest BCUT2D eigenvalue weighted by Gasteiger charge is -2.06. The SMILES string of the molecule is O=S(=O)(Cc1ccc(Cl)cc1Cl)c1ccc(Cl)cn1. The fourth-order valence-electron chi connectivity index (χ4n) is 1.46. The fraction of sp³-hybridized carbons (Fsp3) is 0.0833. The molecule has 0 atom stereocenters. The van der Waals surface area contributed by atoms with Crippen LogP contribution in [0.2, 0.25) is 15.1 Å². The smallest absolute Gasteiger partial charge is 0.199 e. The summed E-state index contributed by atoms with van der Waals surface area (Å²) in [6.45, 7) is 0. The average molecular weight is 337 g/mol. The van der Waals surface area contributed by atoms with E-state index >= 15 is 0 Å². The van der Waals surface area contributed by atoms with Crippen molar-refractivity contribution in [2.24, 2.45) is 0 Å². The highest BCUT2D eigenvalue weighted by molar-refractivity contribution is 7.90. The van der Waals surface area contributed by atoms with Crippen molar-refractivity contribution in [3.63, 3.8) is 0 Å².